The lowest BCUT2D eigenvalue weighted by Gasteiger charge is -2.22. The first-order valence-electron chi connectivity index (χ1n) is 7.21. The molecule has 0 aliphatic rings. The molecule has 0 aromatic heterocycles. The molecule has 0 heterocycles. The molecular formula is C17H29N. The van der Waals surface area contributed by atoms with Crippen LogP contribution in [0.4, 0.5) is 0 Å². The minimum atomic E-state index is 0.241. The molecule has 0 saturated carbocycles. The van der Waals surface area contributed by atoms with E-state index in [1.54, 1.807) is 0 Å². The smallest absolute Gasteiger partial charge is 0.0294 e. The van der Waals surface area contributed by atoms with Crippen LogP contribution >= 0.6 is 0 Å². The summed E-state index contributed by atoms with van der Waals surface area (Å²) in [4.78, 5) is 0. The monoisotopic (exact) mass is 247 g/mol. The second kappa shape index (κ2) is 6.38. The van der Waals surface area contributed by atoms with Gasteiger partial charge in [0.15, 0.2) is 0 Å². The lowest BCUT2D eigenvalue weighted by atomic mass is 9.86. The van der Waals surface area contributed by atoms with Crippen molar-refractivity contribution in [3.63, 3.8) is 0 Å². The molecule has 1 N–H and O–H groups in total. The average Bonchev–Trinajstić information content (AvgIpc) is 2.28. The predicted molar refractivity (Wildman–Crippen MR) is 81.1 cm³/mol. The maximum Gasteiger partial charge on any atom is 0.0294 e. The molecule has 1 rings (SSSR count). The third-order valence-electron chi connectivity index (χ3n) is 3.53. The van der Waals surface area contributed by atoms with Crippen molar-refractivity contribution in [2.75, 3.05) is 0 Å². The Morgan fingerprint density at radius 2 is 1.61 bits per heavy atom. The summed E-state index contributed by atoms with van der Waals surface area (Å²) in [6.45, 7) is 13.5. The first-order chi connectivity index (χ1) is 8.34. The highest BCUT2D eigenvalue weighted by Crippen LogP contribution is 2.24. The predicted octanol–water partition coefficient (Wildman–Crippen LogP) is 4.82. The number of hydrogen-bond donors (Lipinski definition) is 1. The van der Waals surface area contributed by atoms with Crippen molar-refractivity contribution in [3.05, 3.63) is 35.4 Å². The van der Waals surface area contributed by atoms with Crippen molar-refractivity contribution in [2.45, 2.75) is 71.9 Å². The molecule has 0 aliphatic carbocycles. The van der Waals surface area contributed by atoms with Crippen LogP contribution in [-0.2, 0) is 5.41 Å². The van der Waals surface area contributed by atoms with Gasteiger partial charge in [-0.25, -0.2) is 0 Å². The lowest BCUT2D eigenvalue weighted by Crippen LogP contribution is -2.28. The van der Waals surface area contributed by atoms with E-state index >= 15 is 0 Å². The van der Waals surface area contributed by atoms with Gasteiger partial charge < -0.3 is 5.32 Å². The second-order valence-corrected chi connectivity index (χ2v) is 6.45. The van der Waals surface area contributed by atoms with Crippen LogP contribution in [0.5, 0.6) is 0 Å². The van der Waals surface area contributed by atoms with Gasteiger partial charge in [0.2, 0.25) is 0 Å². The molecule has 1 heteroatoms. The summed E-state index contributed by atoms with van der Waals surface area (Å²) in [5.41, 5.74) is 3.02. The molecule has 0 saturated heterocycles. The van der Waals surface area contributed by atoms with E-state index in [9.17, 15) is 0 Å². The first kappa shape index (κ1) is 15.2. The Morgan fingerprint density at radius 3 is 2.06 bits per heavy atom. The van der Waals surface area contributed by atoms with Crippen LogP contribution in [-0.4, -0.2) is 6.04 Å². The molecule has 1 aromatic carbocycles. The lowest BCUT2D eigenvalue weighted by molar-refractivity contribution is 0.452. The number of hydrogen-bond acceptors (Lipinski definition) is 1. The van der Waals surface area contributed by atoms with E-state index in [-0.39, 0.29) is 5.41 Å². The van der Waals surface area contributed by atoms with Gasteiger partial charge in [0.25, 0.3) is 0 Å². The van der Waals surface area contributed by atoms with E-state index in [0.717, 1.165) is 0 Å². The highest BCUT2D eigenvalue weighted by atomic mass is 14.9. The van der Waals surface area contributed by atoms with Gasteiger partial charge in [0, 0.05) is 12.1 Å². The molecule has 0 bridgehead atoms. The molecule has 1 aromatic rings. The van der Waals surface area contributed by atoms with Crippen LogP contribution in [0.1, 0.15) is 71.6 Å². The summed E-state index contributed by atoms with van der Waals surface area (Å²) in [7, 11) is 0. The summed E-state index contributed by atoms with van der Waals surface area (Å²) in [6.07, 6.45) is 2.48. The fourth-order valence-electron chi connectivity index (χ4n) is 2.31. The summed E-state index contributed by atoms with van der Waals surface area (Å²) in [5, 5.41) is 3.66. The molecule has 1 nitrogen and oxygen atoms in total. The van der Waals surface area contributed by atoms with Crippen LogP contribution in [0.2, 0.25) is 0 Å². The van der Waals surface area contributed by atoms with E-state index in [1.165, 1.54) is 24.0 Å². The summed E-state index contributed by atoms with van der Waals surface area (Å²) in [6, 6.07) is 10.1. The first-order valence-corrected chi connectivity index (χ1v) is 7.21. The minimum Gasteiger partial charge on any atom is -0.308 e. The zero-order chi connectivity index (χ0) is 13.8. The molecule has 0 aliphatic heterocycles. The summed E-state index contributed by atoms with van der Waals surface area (Å²) < 4.78 is 0. The van der Waals surface area contributed by atoms with Crippen molar-refractivity contribution in [1.82, 2.24) is 5.32 Å². The molecule has 18 heavy (non-hydrogen) atoms. The molecule has 0 fully saturated rings. The minimum absolute atomic E-state index is 0.241. The van der Waals surface area contributed by atoms with Crippen LogP contribution in [0.25, 0.3) is 0 Å². The van der Waals surface area contributed by atoms with E-state index < -0.39 is 0 Å². The zero-order valence-corrected chi connectivity index (χ0v) is 12.9. The third kappa shape index (κ3) is 4.45. The topological polar surface area (TPSA) is 12.0 Å². The normalized spacial score (nSPS) is 15.4. The van der Waals surface area contributed by atoms with Gasteiger partial charge in [-0.15, -0.1) is 0 Å². The Morgan fingerprint density at radius 1 is 1.06 bits per heavy atom. The van der Waals surface area contributed by atoms with E-state index in [1.807, 2.05) is 0 Å². The molecule has 0 amide bonds. The Bertz CT molecular complexity index is 345. The summed E-state index contributed by atoms with van der Waals surface area (Å²) >= 11 is 0. The van der Waals surface area contributed by atoms with Crippen LogP contribution in [0.3, 0.4) is 0 Å². The Labute approximate surface area is 113 Å². The van der Waals surface area contributed by atoms with E-state index in [0.29, 0.717) is 12.1 Å². The molecule has 2 unspecified atom stereocenters. The van der Waals surface area contributed by atoms with Gasteiger partial charge in [-0.1, -0.05) is 58.4 Å². The number of rotatable bonds is 5. The van der Waals surface area contributed by atoms with Gasteiger partial charge in [0.05, 0.1) is 0 Å². The third-order valence-corrected chi connectivity index (χ3v) is 3.53. The SMILES string of the molecule is CCCC(C)NC(C)c1ccc(C(C)(C)C)cc1. The average molecular weight is 247 g/mol. The van der Waals surface area contributed by atoms with Gasteiger partial charge in [-0.3, -0.25) is 0 Å². The quantitative estimate of drug-likeness (QED) is 0.786. The van der Waals surface area contributed by atoms with Crippen molar-refractivity contribution in [3.8, 4) is 0 Å². The van der Waals surface area contributed by atoms with Crippen molar-refractivity contribution >= 4 is 0 Å². The fraction of sp³-hybridized carbons (Fsp3) is 0.647. The van der Waals surface area contributed by atoms with E-state index in [4.69, 9.17) is 0 Å². The van der Waals surface area contributed by atoms with E-state index in [2.05, 4.69) is 71.1 Å². The molecular weight excluding hydrogens is 218 g/mol. The number of nitrogens with one attached hydrogen (secondary N) is 1. The maximum absolute atomic E-state index is 3.66. The van der Waals surface area contributed by atoms with Gasteiger partial charge >= 0.3 is 0 Å². The summed E-state index contributed by atoms with van der Waals surface area (Å²) in [5.74, 6) is 0. The van der Waals surface area contributed by atoms with Gasteiger partial charge in [0.1, 0.15) is 0 Å². The zero-order valence-electron chi connectivity index (χ0n) is 12.9. The largest absolute Gasteiger partial charge is 0.308 e. The van der Waals surface area contributed by atoms with Crippen molar-refractivity contribution in [2.24, 2.45) is 0 Å². The van der Waals surface area contributed by atoms with Gasteiger partial charge in [-0.05, 0) is 36.8 Å². The van der Waals surface area contributed by atoms with Crippen LogP contribution in [0.15, 0.2) is 24.3 Å². The Hall–Kier alpha value is -0.820. The van der Waals surface area contributed by atoms with Gasteiger partial charge in [-0.2, -0.15) is 0 Å². The van der Waals surface area contributed by atoms with Crippen LogP contribution in [0, 0.1) is 0 Å². The Balaban J connectivity index is 2.67. The fourth-order valence-corrected chi connectivity index (χ4v) is 2.31. The number of benzene rings is 1. The second-order valence-electron chi connectivity index (χ2n) is 6.45. The van der Waals surface area contributed by atoms with Crippen molar-refractivity contribution < 1.29 is 0 Å². The molecule has 102 valence electrons. The van der Waals surface area contributed by atoms with Crippen LogP contribution < -0.4 is 5.32 Å². The molecule has 0 spiro atoms. The standard InChI is InChI=1S/C17H29N/c1-7-8-13(2)18-14(3)15-9-11-16(12-10-15)17(4,5)6/h9-14,18H,7-8H2,1-6H3. The molecule has 0 radical (unpaired) electrons. The highest BCUT2D eigenvalue weighted by Gasteiger charge is 2.14. The maximum atomic E-state index is 3.66. The highest BCUT2D eigenvalue weighted by molar-refractivity contribution is 5.29. The Kier molecular flexibility index (Phi) is 5.40. The van der Waals surface area contributed by atoms with Crippen molar-refractivity contribution in [1.29, 1.82) is 0 Å². The molecule has 2 atom stereocenters.